The maximum atomic E-state index is 6.28. The lowest BCUT2D eigenvalue weighted by atomic mass is 9.93. The van der Waals surface area contributed by atoms with Gasteiger partial charge in [-0.25, -0.2) is 0 Å². The van der Waals surface area contributed by atoms with Crippen LogP contribution in [0.3, 0.4) is 0 Å². The molecule has 1 aliphatic rings. The first-order chi connectivity index (χ1) is 9.67. The minimum absolute atomic E-state index is 0.00417. The predicted octanol–water partition coefficient (Wildman–Crippen LogP) is 3.53. The Bertz CT molecular complexity index is 624. The summed E-state index contributed by atoms with van der Waals surface area (Å²) in [6.07, 6.45) is 0.799. The van der Waals surface area contributed by atoms with Gasteiger partial charge in [0.1, 0.15) is 17.6 Å². The topological polar surface area (TPSA) is 44.5 Å². The second kappa shape index (κ2) is 5.17. The van der Waals surface area contributed by atoms with Gasteiger partial charge in [0.25, 0.3) is 0 Å². The quantitative estimate of drug-likeness (QED) is 0.907. The van der Waals surface area contributed by atoms with E-state index in [1.807, 2.05) is 18.2 Å². The minimum atomic E-state index is -0.00447. The molecule has 2 aromatic carbocycles. The normalized spacial score (nSPS) is 20.9. The molecule has 1 heterocycles. The van der Waals surface area contributed by atoms with Gasteiger partial charge in [-0.1, -0.05) is 35.9 Å². The van der Waals surface area contributed by atoms with Crippen molar-refractivity contribution in [2.45, 2.75) is 25.5 Å². The van der Waals surface area contributed by atoms with Crippen LogP contribution in [0.15, 0.2) is 42.5 Å². The van der Waals surface area contributed by atoms with Crippen LogP contribution < -0.4 is 15.2 Å². The fraction of sp³-hybridized carbons (Fsp3) is 0.294. The largest absolute Gasteiger partial charge is 0.497 e. The van der Waals surface area contributed by atoms with Crippen LogP contribution in [0, 0.1) is 6.92 Å². The molecule has 0 aliphatic carbocycles. The number of hydrogen-bond donors (Lipinski definition) is 1. The number of ether oxygens (including phenoxy) is 2. The predicted molar refractivity (Wildman–Crippen MR) is 79.1 cm³/mol. The fourth-order valence-corrected chi connectivity index (χ4v) is 2.68. The molecule has 1 aliphatic heterocycles. The summed E-state index contributed by atoms with van der Waals surface area (Å²) in [4.78, 5) is 0. The number of benzene rings is 2. The zero-order valence-corrected chi connectivity index (χ0v) is 11.8. The average molecular weight is 269 g/mol. The maximum Gasteiger partial charge on any atom is 0.128 e. The SMILES string of the molecule is COc1ccc2c(c1)OC(c1cccc(C)c1)C[C@H]2N. The minimum Gasteiger partial charge on any atom is -0.497 e. The third-order valence-corrected chi connectivity index (χ3v) is 3.77. The third kappa shape index (κ3) is 2.37. The van der Waals surface area contributed by atoms with E-state index >= 15 is 0 Å². The molecule has 3 heteroatoms. The second-order valence-electron chi connectivity index (χ2n) is 5.27. The van der Waals surface area contributed by atoms with Crippen molar-refractivity contribution in [3.63, 3.8) is 0 Å². The van der Waals surface area contributed by atoms with E-state index < -0.39 is 0 Å². The Hall–Kier alpha value is -2.00. The van der Waals surface area contributed by atoms with E-state index in [0.29, 0.717) is 0 Å². The zero-order valence-electron chi connectivity index (χ0n) is 11.8. The molecule has 0 aromatic heterocycles. The summed E-state index contributed by atoms with van der Waals surface area (Å²) in [5, 5.41) is 0. The molecule has 0 bridgehead atoms. The Morgan fingerprint density at radius 3 is 2.80 bits per heavy atom. The van der Waals surface area contributed by atoms with Gasteiger partial charge in [0.15, 0.2) is 0 Å². The first kappa shape index (κ1) is 13.0. The molecular weight excluding hydrogens is 250 g/mol. The highest BCUT2D eigenvalue weighted by atomic mass is 16.5. The Morgan fingerprint density at radius 2 is 2.05 bits per heavy atom. The molecular formula is C17H19NO2. The van der Waals surface area contributed by atoms with Gasteiger partial charge in [-0.3, -0.25) is 0 Å². The van der Waals surface area contributed by atoms with Gasteiger partial charge in [-0.05, 0) is 18.6 Å². The number of fused-ring (bicyclic) bond motifs is 1. The molecule has 0 spiro atoms. The summed E-state index contributed by atoms with van der Waals surface area (Å²) in [5.41, 5.74) is 9.74. The summed E-state index contributed by atoms with van der Waals surface area (Å²) >= 11 is 0. The van der Waals surface area contributed by atoms with Gasteiger partial charge < -0.3 is 15.2 Å². The van der Waals surface area contributed by atoms with Crippen LogP contribution in [0.4, 0.5) is 0 Å². The summed E-state index contributed by atoms with van der Waals surface area (Å²) in [5.74, 6) is 1.62. The van der Waals surface area contributed by atoms with E-state index in [2.05, 4.69) is 31.2 Å². The Balaban J connectivity index is 1.95. The fourth-order valence-electron chi connectivity index (χ4n) is 2.68. The van der Waals surface area contributed by atoms with Crippen LogP contribution in [-0.4, -0.2) is 7.11 Å². The lowest BCUT2D eigenvalue weighted by molar-refractivity contribution is 0.161. The summed E-state index contributed by atoms with van der Waals surface area (Å²) in [7, 11) is 1.66. The summed E-state index contributed by atoms with van der Waals surface area (Å²) in [6.45, 7) is 2.09. The molecule has 0 radical (unpaired) electrons. The van der Waals surface area contributed by atoms with E-state index in [1.165, 1.54) is 11.1 Å². The summed E-state index contributed by atoms with van der Waals surface area (Å²) in [6, 6.07) is 14.2. The lowest BCUT2D eigenvalue weighted by Gasteiger charge is -2.31. The first-order valence-corrected chi connectivity index (χ1v) is 6.84. The molecule has 2 aromatic rings. The molecule has 1 unspecified atom stereocenters. The monoisotopic (exact) mass is 269 g/mol. The van der Waals surface area contributed by atoms with Gasteiger partial charge in [0.2, 0.25) is 0 Å². The van der Waals surface area contributed by atoms with Crippen molar-refractivity contribution in [3.8, 4) is 11.5 Å². The Morgan fingerprint density at radius 1 is 1.20 bits per heavy atom. The molecule has 20 heavy (non-hydrogen) atoms. The van der Waals surface area contributed by atoms with Crippen LogP contribution >= 0.6 is 0 Å². The van der Waals surface area contributed by atoms with Gasteiger partial charge >= 0.3 is 0 Å². The second-order valence-corrected chi connectivity index (χ2v) is 5.27. The standard InChI is InChI=1S/C17H19NO2/c1-11-4-3-5-12(8-11)16-10-15(18)14-7-6-13(19-2)9-17(14)20-16/h3-9,15-16H,10,18H2,1-2H3/t15-,16?/m1/s1. The zero-order chi connectivity index (χ0) is 14.1. The van der Waals surface area contributed by atoms with Gasteiger partial charge in [-0.15, -0.1) is 0 Å². The lowest BCUT2D eigenvalue weighted by Crippen LogP contribution is -2.24. The van der Waals surface area contributed by atoms with E-state index in [-0.39, 0.29) is 12.1 Å². The molecule has 0 saturated carbocycles. The maximum absolute atomic E-state index is 6.28. The molecule has 0 amide bonds. The van der Waals surface area contributed by atoms with E-state index in [1.54, 1.807) is 7.11 Å². The van der Waals surface area contributed by atoms with Crippen molar-refractivity contribution in [3.05, 3.63) is 59.2 Å². The number of methoxy groups -OCH3 is 1. The highest BCUT2D eigenvalue weighted by Gasteiger charge is 2.27. The molecule has 3 nitrogen and oxygen atoms in total. The highest BCUT2D eigenvalue weighted by molar-refractivity contribution is 5.44. The van der Waals surface area contributed by atoms with Gasteiger partial charge in [-0.2, -0.15) is 0 Å². The van der Waals surface area contributed by atoms with E-state index in [9.17, 15) is 0 Å². The smallest absolute Gasteiger partial charge is 0.128 e. The molecule has 2 atom stereocenters. The number of nitrogens with two attached hydrogens (primary N) is 1. The van der Waals surface area contributed by atoms with Crippen LogP contribution in [-0.2, 0) is 0 Å². The first-order valence-electron chi connectivity index (χ1n) is 6.84. The van der Waals surface area contributed by atoms with Crippen molar-refractivity contribution in [2.75, 3.05) is 7.11 Å². The number of aryl methyl sites for hydroxylation is 1. The molecule has 3 rings (SSSR count). The third-order valence-electron chi connectivity index (χ3n) is 3.77. The van der Waals surface area contributed by atoms with Gasteiger partial charge in [0.05, 0.1) is 7.11 Å². The van der Waals surface area contributed by atoms with Crippen molar-refractivity contribution < 1.29 is 9.47 Å². The van der Waals surface area contributed by atoms with Crippen LogP contribution in [0.25, 0.3) is 0 Å². The van der Waals surface area contributed by atoms with E-state index in [0.717, 1.165) is 23.5 Å². The van der Waals surface area contributed by atoms with Crippen molar-refractivity contribution in [1.29, 1.82) is 0 Å². The Kier molecular flexibility index (Phi) is 3.36. The highest BCUT2D eigenvalue weighted by Crippen LogP contribution is 2.41. The van der Waals surface area contributed by atoms with Crippen LogP contribution in [0.1, 0.15) is 35.3 Å². The molecule has 0 fully saturated rings. The number of hydrogen-bond acceptors (Lipinski definition) is 3. The molecule has 104 valence electrons. The summed E-state index contributed by atoms with van der Waals surface area (Å²) < 4.78 is 11.4. The molecule has 0 saturated heterocycles. The number of rotatable bonds is 2. The van der Waals surface area contributed by atoms with Crippen LogP contribution in [0.2, 0.25) is 0 Å². The van der Waals surface area contributed by atoms with Crippen LogP contribution in [0.5, 0.6) is 11.5 Å². The van der Waals surface area contributed by atoms with Gasteiger partial charge in [0, 0.05) is 24.1 Å². The van der Waals surface area contributed by atoms with E-state index in [4.69, 9.17) is 15.2 Å². The Labute approximate surface area is 119 Å². The average Bonchev–Trinajstić information content (AvgIpc) is 2.46. The van der Waals surface area contributed by atoms with Crippen molar-refractivity contribution in [1.82, 2.24) is 0 Å². The molecule has 2 N–H and O–H groups in total. The van der Waals surface area contributed by atoms with Crippen molar-refractivity contribution in [2.24, 2.45) is 5.73 Å². The van der Waals surface area contributed by atoms with Crippen molar-refractivity contribution >= 4 is 0 Å².